The maximum absolute atomic E-state index is 13.2. The van der Waals surface area contributed by atoms with Gasteiger partial charge in [-0.2, -0.15) is 13.2 Å². The van der Waals surface area contributed by atoms with Gasteiger partial charge in [0.15, 0.2) is 6.04 Å². The first kappa shape index (κ1) is 24.8. The number of benzene rings is 1. The molecule has 0 aromatic heterocycles. The predicted molar refractivity (Wildman–Crippen MR) is 110 cm³/mol. The number of hydrogen-bond donors (Lipinski definition) is 2. The van der Waals surface area contributed by atoms with Gasteiger partial charge in [0, 0.05) is 11.4 Å². The van der Waals surface area contributed by atoms with Gasteiger partial charge in [-0.15, -0.1) is 0 Å². The van der Waals surface area contributed by atoms with Crippen molar-refractivity contribution in [2.75, 3.05) is 11.4 Å². The lowest BCUT2D eigenvalue weighted by Gasteiger charge is -2.23. The zero-order chi connectivity index (χ0) is 22.4. The molecule has 0 bridgehead atoms. The minimum absolute atomic E-state index is 0.101. The lowest BCUT2D eigenvalue weighted by molar-refractivity contribution is -0.142. The molecule has 3 N–H and O–H groups in total. The first-order valence-electron chi connectivity index (χ1n) is 9.22. The Balaban J connectivity index is 0.00000204. The average Bonchev–Trinajstić information content (AvgIpc) is 3.13. The highest BCUT2D eigenvalue weighted by Gasteiger charge is 2.45. The van der Waals surface area contributed by atoms with E-state index >= 15 is 0 Å². The number of halogens is 3. The van der Waals surface area contributed by atoms with Crippen LogP contribution in [0.15, 0.2) is 46.3 Å². The van der Waals surface area contributed by atoms with Crippen molar-refractivity contribution < 1.29 is 21.6 Å². The lowest BCUT2D eigenvalue weighted by atomic mass is 10.1. The third kappa shape index (κ3) is 6.67. The summed E-state index contributed by atoms with van der Waals surface area (Å²) in [5.74, 6) is 0.101. The molecule has 6 nitrogen and oxygen atoms in total. The molecule has 0 spiro atoms. The van der Waals surface area contributed by atoms with Gasteiger partial charge < -0.3 is 10.3 Å². The topological polar surface area (TPSA) is 99.6 Å². The minimum atomic E-state index is -4.50. The molecular formula is C19H27F3N4O2S. The van der Waals surface area contributed by atoms with Crippen LogP contribution in [0.3, 0.4) is 0 Å². The normalized spacial score (nSPS) is 16.7. The summed E-state index contributed by atoms with van der Waals surface area (Å²) in [4.78, 5) is 5.03. The van der Waals surface area contributed by atoms with Crippen LogP contribution in [0.1, 0.15) is 40.0 Å². The minimum Gasteiger partial charge on any atom is -0.324 e. The van der Waals surface area contributed by atoms with Crippen LogP contribution in [-0.2, 0) is 10.0 Å². The highest BCUT2D eigenvalue weighted by atomic mass is 32.2. The highest BCUT2D eigenvalue weighted by molar-refractivity contribution is 7.89. The van der Waals surface area contributed by atoms with E-state index in [9.17, 15) is 21.6 Å². The number of rotatable bonds is 7. The molecule has 0 radical (unpaired) electrons. The van der Waals surface area contributed by atoms with Gasteiger partial charge in [-0.05, 0) is 49.1 Å². The number of amidine groups is 1. The maximum Gasteiger partial charge on any atom is 0.412 e. The summed E-state index contributed by atoms with van der Waals surface area (Å²) in [6.07, 6.45) is -3.23. The fourth-order valence-electron chi connectivity index (χ4n) is 2.61. The third-order valence-electron chi connectivity index (χ3n) is 4.22. The SMILES string of the molecule is C=C(CCC(=N)CC)C1=NC(C(F)(F)F)CN1c1ccc(S(N)(=O)=O)cc1.CC. The van der Waals surface area contributed by atoms with Gasteiger partial charge in [-0.25, -0.2) is 13.6 Å². The molecule has 2 rings (SSSR count). The van der Waals surface area contributed by atoms with Crippen LogP contribution in [0.2, 0.25) is 0 Å². The Morgan fingerprint density at radius 1 is 1.28 bits per heavy atom. The molecular weight excluding hydrogens is 405 g/mol. The van der Waals surface area contributed by atoms with Crippen LogP contribution in [-0.4, -0.2) is 38.7 Å². The molecule has 1 atom stereocenters. The molecule has 162 valence electrons. The number of anilines is 1. The molecule has 29 heavy (non-hydrogen) atoms. The summed E-state index contributed by atoms with van der Waals surface area (Å²) in [5, 5.41) is 12.7. The van der Waals surface area contributed by atoms with Crippen molar-refractivity contribution in [1.82, 2.24) is 0 Å². The van der Waals surface area contributed by atoms with Crippen molar-refractivity contribution in [2.45, 2.75) is 57.1 Å². The molecule has 0 fully saturated rings. The van der Waals surface area contributed by atoms with Gasteiger partial charge in [-0.1, -0.05) is 27.4 Å². The molecule has 10 heteroatoms. The Hall–Kier alpha value is -2.20. The smallest absolute Gasteiger partial charge is 0.324 e. The molecule has 1 aromatic carbocycles. The lowest BCUT2D eigenvalue weighted by Crippen LogP contribution is -2.35. The van der Waals surface area contributed by atoms with Crippen LogP contribution >= 0.6 is 0 Å². The van der Waals surface area contributed by atoms with Gasteiger partial charge >= 0.3 is 6.18 Å². The Kier molecular flexibility index (Phi) is 8.58. The number of nitrogens with one attached hydrogen (secondary N) is 1. The van der Waals surface area contributed by atoms with Crippen LogP contribution < -0.4 is 10.0 Å². The van der Waals surface area contributed by atoms with E-state index in [2.05, 4.69) is 11.6 Å². The number of sulfonamides is 1. The predicted octanol–water partition coefficient (Wildman–Crippen LogP) is 4.28. The Morgan fingerprint density at radius 2 is 1.83 bits per heavy atom. The van der Waals surface area contributed by atoms with Crippen molar-refractivity contribution in [2.24, 2.45) is 10.1 Å². The van der Waals surface area contributed by atoms with Crippen LogP contribution in [0.25, 0.3) is 0 Å². The van der Waals surface area contributed by atoms with Gasteiger partial charge in [0.25, 0.3) is 0 Å². The van der Waals surface area contributed by atoms with Crippen LogP contribution in [0.5, 0.6) is 0 Å². The molecule has 0 saturated heterocycles. The molecule has 1 unspecified atom stereocenters. The van der Waals surface area contributed by atoms with Crippen molar-refractivity contribution in [1.29, 1.82) is 5.41 Å². The second-order valence-corrected chi connectivity index (χ2v) is 7.78. The summed E-state index contributed by atoms with van der Waals surface area (Å²) in [6.45, 7) is 9.25. The number of nitrogens with two attached hydrogens (primary N) is 1. The largest absolute Gasteiger partial charge is 0.412 e. The van der Waals surface area contributed by atoms with Crippen LogP contribution in [0.4, 0.5) is 18.9 Å². The van der Waals surface area contributed by atoms with E-state index in [0.717, 1.165) is 0 Å². The summed E-state index contributed by atoms with van der Waals surface area (Å²) >= 11 is 0. The molecule has 1 aromatic rings. The fraction of sp³-hybridized carbons (Fsp3) is 0.474. The molecule has 1 heterocycles. The molecule has 1 aliphatic heterocycles. The van der Waals surface area contributed by atoms with E-state index in [1.165, 1.54) is 29.2 Å². The first-order chi connectivity index (χ1) is 13.4. The molecule has 0 amide bonds. The standard InChI is InChI=1S/C17H21F3N4O2S.C2H6/c1-3-12(21)5-4-11(2)16-23-15(17(18,19)20)10-24(16)13-6-8-14(9-7-13)27(22,25)26;1-2/h6-9,15,21H,2-5,10H2,1H3,(H2,22,25,26);1-2H3. The van der Waals surface area contributed by atoms with E-state index in [-0.39, 0.29) is 10.7 Å². The van der Waals surface area contributed by atoms with Gasteiger partial charge in [0.05, 0.1) is 11.4 Å². The monoisotopic (exact) mass is 432 g/mol. The summed E-state index contributed by atoms with van der Waals surface area (Å²) in [7, 11) is -3.90. The van der Waals surface area contributed by atoms with E-state index in [4.69, 9.17) is 10.5 Å². The zero-order valence-electron chi connectivity index (χ0n) is 16.8. The third-order valence-corrected chi connectivity index (χ3v) is 5.14. The molecule has 0 saturated carbocycles. The number of hydrogen-bond acceptors (Lipinski definition) is 5. The summed E-state index contributed by atoms with van der Waals surface area (Å²) in [6, 6.07) is 3.34. The quantitative estimate of drug-likeness (QED) is 0.629. The molecule has 0 aliphatic carbocycles. The second kappa shape index (κ2) is 10.0. The number of aliphatic imine (C=N–C) groups is 1. The summed E-state index contributed by atoms with van der Waals surface area (Å²) in [5.41, 5.74) is 1.24. The fourth-order valence-corrected chi connectivity index (χ4v) is 3.13. The second-order valence-electron chi connectivity index (χ2n) is 6.22. The zero-order valence-corrected chi connectivity index (χ0v) is 17.6. The molecule has 1 aliphatic rings. The van der Waals surface area contributed by atoms with E-state index in [1.54, 1.807) is 0 Å². The van der Waals surface area contributed by atoms with E-state index in [1.807, 2.05) is 20.8 Å². The first-order valence-corrected chi connectivity index (χ1v) is 10.8. The average molecular weight is 433 g/mol. The maximum atomic E-state index is 13.2. The van der Waals surface area contributed by atoms with Gasteiger partial charge in [0.1, 0.15) is 5.84 Å². The van der Waals surface area contributed by atoms with E-state index in [0.29, 0.717) is 36.2 Å². The number of nitrogens with zero attached hydrogens (tertiary/aromatic N) is 2. The van der Waals surface area contributed by atoms with Gasteiger partial charge in [-0.3, -0.25) is 4.99 Å². The highest BCUT2D eigenvalue weighted by Crippen LogP contribution is 2.32. The van der Waals surface area contributed by atoms with Crippen molar-refractivity contribution in [3.05, 3.63) is 36.4 Å². The van der Waals surface area contributed by atoms with Crippen molar-refractivity contribution in [3.8, 4) is 0 Å². The Morgan fingerprint density at radius 3 is 2.28 bits per heavy atom. The number of alkyl halides is 3. The Bertz CT molecular complexity index is 862. The van der Waals surface area contributed by atoms with Crippen molar-refractivity contribution in [3.63, 3.8) is 0 Å². The Labute approximate surface area is 169 Å². The van der Waals surface area contributed by atoms with Crippen LogP contribution in [0, 0.1) is 5.41 Å². The van der Waals surface area contributed by atoms with Crippen molar-refractivity contribution >= 4 is 27.3 Å². The summed E-state index contributed by atoms with van der Waals surface area (Å²) < 4.78 is 62.3. The van der Waals surface area contributed by atoms with Gasteiger partial charge in [0.2, 0.25) is 10.0 Å². The number of primary sulfonamides is 1. The van der Waals surface area contributed by atoms with E-state index < -0.39 is 28.8 Å².